The molecule has 23 heavy (non-hydrogen) atoms. The summed E-state index contributed by atoms with van der Waals surface area (Å²) in [7, 11) is 0. The molecule has 0 aliphatic heterocycles. The summed E-state index contributed by atoms with van der Waals surface area (Å²) in [5.41, 5.74) is 5.12. The molecule has 4 rings (SSSR count). The molecule has 0 unspecified atom stereocenters. The Labute approximate surface area is 136 Å². The third-order valence-electron chi connectivity index (χ3n) is 4.07. The molecule has 0 saturated carbocycles. The fourth-order valence-corrected chi connectivity index (χ4v) is 3.52. The van der Waals surface area contributed by atoms with E-state index in [2.05, 4.69) is 34.5 Å². The molecule has 1 aliphatic rings. The van der Waals surface area contributed by atoms with Gasteiger partial charge in [0.2, 0.25) is 5.13 Å². The Morgan fingerprint density at radius 2 is 2.26 bits per heavy atom. The number of nitrogens with zero attached hydrogens (tertiary/aromatic N) is 5. The van der Waals surface area contributed by atoms with Gasteiger partial charge in [-0.1, -0.05) is 11.3 Å². The average Bonchev–Trinajstić information content (AvgIpc) is 3.23. The van der Waals surface area contributed by atoms with Crippen LogP contribution in [0.2, 0.25) is 0 Å². The topological polar surface area (TPSA) is 85.6 Å². The second-order valence-corrected chi connectivity index (χ2v) is 6.72. The SMILES string of the molecule is CC(C)n1ncc2c(C(=O)Nc3nncs3)c3c(nc21)CCC3. The molecule has 0 bridgehead atoms. The van der Waals surface area contributed by atoms with Crippen LogP contribution in [0.25, 0.3) is 11.0 Å². The lowest BCUT2D eigenvalue weighted by molar-refractivity contribution is 0.102. The fraction of sp³-hybridized carbons (Fsp3) is 0.400. The highest BCUT2D eigenvalue weighted by atomic mass is 32.1. The molecule has 8 heteroatoms. The van der Waals surface area contributed by atoms with Gasteiger partial charge in [0.15, 0.2) is 5.65 Å². The van der Waals surface area contributed by atoms with Crippen molar-refractivity contribution in [3.63, 3.8) is 0 Å². The van der Waals surface area contributed by atoms with Gasteiger partial charge in [0.25, 0.3) is 5.91 Å². The van der Waals surface area contributed by atoms with Crippen molar-refractivity contribution >= 4 is 33.4 Å². The standard InChI is InChI=1S/C15H16N6OS/c1-8(2)21-13-10(6-17-21)12(9-4-3-5-11(9)18-13)14(22)19-15-20-16-7-23-15/h6-8H,3-5H2,1-2H3,(H,19,20,22). The number of rotatable bonds is 3. The largest absolute Gasteiger partial charge is 0.296 e. The zero-order chi connectivity index (χ0) is 16.0. The van der Waals surface area contributed by atoms with Gasteiger partial charge in [-0.05, 0) is 38.7 Å². The molecular weight excluding hydrogens is 312 g/mol. The Balaban J connectivity index is 1.88. The summed E-state index contributed by atoms with van der Waals surface area (Å²) < 4.78 is 1.87. The van der Waals surface area contributed by atoms with Gasteiger partial charge in [-0.2, -0.15) is 5.10 Å². The lowest BCUT2D eigenvalue weighted by Crippen LogP contribution is -2.16. The summed E-state index contributed by atoms with van der Waals surface area (Å²) in [5.74, 6) is -0.157. The molecule has 118 valence electrons. The summed E-state index contributed by atoms with van der Waals surface area (Å²) in [5, 5.41) is 16.2. The summed E-state index contributed by atoms with van der Waals surface area (Å²) in [6.45, 7) is 4.12. The number of nitrogens with one attached hydrogen (secondary N) is 1. The van der Waals surface area contributed by atoms with E-state index in [9.17, 15) is 4.79 Å². The first-order chi connectivity index (χ1) is 11.1. The second-order valence-electron chi connectivity index (χ2n) is 5.88. The van der Waals surface area contributed by atoms with Gasteiger partial charge < -0.3 is 0 Å². The first-order valence-corrected chi connectivity index (χ1v) is 8.49. The molecule has 0 radical (unpaired) electrons. The van der Waals surface area contributed by atoms with Crippen LogP contribution in [0.1, 0.15) is 47.9 Å². The van der Waals surface area contributed by atoms with Gasteiger partial charge in [-0.25, -0.2) is 9.67 Å². The van der Waals surface area contributed by atoms with Crippen LogP contribution in [0.15, 0.2) is 11.7 Å². The fourth-order valence-electron chi connectivity index (χ4n) is 3.08. The van der Waals surface area contributed by atoms with Gasteiger partial charge >= 0.3 is 0 Å². The normalized spacial score (nSPS) is 13.7. The molecule has 0 saturated heterocycles. The van der Waals surface area contributed by atoms with Crippen molar-refractivity contribution in [2.75, 3.05) is 5.32 Å². The van der Waals surface area contributed by atoms with E-state index in [1.165, 1.54) is 11.3 Å². The summed E-state index contributed by atoms with van der Waals surface area (Å²) in [4.78, 5) is 17.6. The van der Waals surface area contributed by atoms with E-state index >= 15 is 0 Å². The monoisotopic (exact) mass is 328 g/mol. The smallest absolute Gasteiger partial charge is 0.258 e. The number of carbonyl (C=O) groups is 1. The first-order valence-electron chi connectivity index (χ1n) is 7.61. The van der Waals surface area contributed by atoms with E-state index in [1.807, 2.05) is 4.68 Å². The van der Waals surface area contributed by atoms with Crippen LogP contribution < -0.4 is 5.32 Å². The molecule has 7 nitrogen and oxygen atoms in total. The van der Waals surface area contributed by atoms with Crippen molar-refractivity contribution < 1.29 is 4.79 Å². The maximum absolute atomic E-state index is 12.8. The van der Waals surface area contributed by atoms with Crippen molar-refractivity contribution in [2.45, 2.75) is 39.2 Å². The zero-order valence-corrected chi connectivity index (χ0v) is 13.7. The van der Waals surface area contributed by atoms with E-state index in [-0.39, 0.29) is 11.9 Å². The summed E-state index contributed by atoms with van der Waals surface area (Å²) in [6.07, 6.45) is 4.57. The molecule has 3 heterocycles. The summed E-state index contributed by atoms with van der Waals surface area (Å²) >= 11 is 1.30. The molecular formula is C15H16N6OS. The highest BCUT2D eigenvalue weighted by Crippen LogP contribution is 2.31. The van der Waals surface area contributed by atoms with Crippen molar-refractivity contribution in [3.05, 3.63) is 28.5 Å². The van der Waals surface area contributed by atoms with E-state index in [0.717, 1.165) is 41.6 Å². The number of aryl methyl sites for hydroxylation is 1. The second kappa shape index (κ2) is 5.38. The minimum Gasteiger partial charge on any atom is -0.296 e. The Bertz CT molecular complexity index is 883. The maximum atomic E-state index is 12.8. The number of pyridine rings is 1. The predicted octanol–water partition coefficient (Wildman–Crippen LogP) is 2.60. The predicted molar refractivity (Wildman–Crippen MR) is 87.8 cm³/mol. The van der Waals surface area contributed by atoms with Crippen LogP contribution in [0, 0.1) is 0 Å². The lowest BCUT2D eigenvalue weighted by atomic mass is 10.0. The Kier molecular flexibility index (Phi) is 3.33. The molecule has 1 amide bonds. The number of fused-ring (bicyclic) bond motifs is 2. The third-order valence-corrected chi connectivity index (χ3v) is 4.67. The van der Waals surface area contributed by atoms with Crippen LogP contribution in [0.5, 0.6) is 0 Å². The molecule has 1 N–H and O–H groups in total. The molecule has 0 fully saturated rings. The minimum absolute atomic E-state index is 0.157. The highest BCUT2D eigenvalue weighted by Gasteiger charge is 2.26. The third kappa shape index (κ3) is 2.29. The number of amides is 1. The number of anilines is 1. The minimum atomic E-state index is -0.157. The van der Waals surface area contributed by atoms with Gasteiger partial charge in [0.1, 0.15) is 5.51 Å². The number of aromatic nitrogens is 5. The lowest BCUT2D eigenvalue weighted by Gasteiger charge is -2.11. The number of hydrogen-bond acceptors (Lipinski definition) is 6. The molecule has 1 aliphatic carbocycles. The van der Waals surface area contributed by atoms with Crippen molar-refractivity contribution in [1.82, 2.24) is 25.0 Å². The van der Waals surface area contributed by atoms with E-state index in [4.69, 9.17) is 4.98 Å². The van der Waals surface area contributed by atoms with Crippen LogP contribution in [0.4, 0.5) is 5.13 Å². The van der Waals surface area contributed by atoms with Crippen LogP contribution in [-0.2, 0) is 12.8 Å². The average molecular weight is 328 g/mol. The molecule has 0 aromatic carbocycles. The van der Waals surface area contributed by atoms with Crippen LogP contribution in [-0.4, -0.2) is 30.9 Å². The molecule has 3 aromatic heterocycles. The Morgan fingerprint density at radius 3 is 3.00 bits per heavy atom. The van der Waals surface area contributed by atoms with Crippen LogP contribution in [0.3, 0.4) is 0 Å². The van der Waals surface area contributed by atoms with Gasteiger partial charge in [0, 0.05) is 11.7 Å². The van der Waals surface area contributed by atoms with E-state index in [0.29, 0.717) is 10.7 Å². The van der Waals surface area contributed by atoms with Crippen LogP contribution >= 0.6 is 11.3 Å². The zero-order valence-electron chi connectivity index (χ0n) is 12.9. The van der Waals surface area contributed by atoms with E-state index in [1.54, 1.807) is 11.7 Å². The molecule has 0 spiro atoms. The van der Waals surface area contributed by atoms with Crippen molar-refractivity contribution in [2.24, 2.45) is 0 Å². The van der Waals surface area contributed by atoms with Gasteiger partial charge in [0.05, 0.1) is 17.1 Å². The summed E-state index contributed by atoms with van der Waals surface area (Å²) in [6, 6.07) is 0.193. The first kappa shape index (κ1) is 14.3. The van der Waals surface area contributed by atoms with Gasteiger partial charge in [-0.15, -0.1) is 10.2 Å². The molecule has 3 aromatic rings. The molecule has 0 atom stereocenters. The Hall–Kier alpha value is -2.35. The Morgan fingerprint density at radius 1 is 1.39 bits per heavy atom. The van der Waals surface area contributed by atoms with Crippen molar-refractivity contribution in [3.8, 4) is 0 Å². The van der Waals surface area contributed by atoms with E-state index < -0.39 is 0 Å². The highest BCUT2D eigenvalue weighted by molar-refractivity contribution is 7.13. The number of hydrogen-bond donors (Lipinski definition) is 1. The van der Waals surface area contributed by atoms with Crippen molar-refractivity contribution in [1.29, 1.82) is 0 Å². The quantitative estimate of drug-likeness (QED) is 0.799. The maximum Gasteiger partial charge on any atom is 0.258 e. The van der Waals surface area contributed by atoms with Gasteiger partial charge in [-0.3, -0.25) is 10.1 Å². The number of carbonyl (C=O) groups excluding carboxylic acids is 1.